The van der Waals surface area contributed by atoms with Crippen molar-refractivity contribution in [3.63, 3.8) is 0 Å². The lowest BCUT2D eigenvalue weighted by molar-refractivity contribution is 0.0949. The topological polar surface area (TPSA) is 154 Å². The van der Waals surface area contributed by atoms with E-state index in [4.69, 9.17) is 22.1 Å². The standard InChI is InChI=1S/C26H31ClN4O6S/c1-25(2,21(32)13-28)38(35,36)26(9-10-26)15-37-20-8-11-29-19-12-18(24(34)31(3)22(19)20)23(33)30-14-16-4-6-17(27)7-5-16/h4-8,11-12,21,32H,9-10,13-15,28H2,1-3H3,(H,30,33). The van der Waals surface area contributed by atoms with Crippen LogP contribution in [0.25, 0.3) is 11.0 Å². The number of aryl methyl sites for hydroxylation is 1. The van der Waals surface area contributed by atoms with E-state index in [2.05, 4.69) is 10.3 Å². The first-order valence-corrected chi connectivity index (χ1v) is 14.0. The van der Waals surface area contributed by atoms with Gasteiger partial charge in [-0.25, -0.2) is 8.42 Å². The second-order valence-corrected chi connectivity index (χ2v) is 13.5. The minimum Gasteiger partial charge on any atom is -0.490 e. The molecule has 3 aromatic rings. The summed E-state index contributed by atoms with van der Waals surface area (Å²) in [6.45, 7) is 2.79. The average Bonchev–Trinajstić information content (AvgIpc) is 3.70. The highest BCUT2D eigenvalue weighted by atomic mass is 35.5. The molecule has 1 aliphatic rings. The monoisotopic (exact) mass is 562 g/mol. The van der Waals surface area contributed by atoms with Gasteiger partial charge in [0.2, 0.25) is 0 Å². The van der Waals surface area contributed by atoms with Crippen LogP contribution in [0.15, 0.2) is 47.4 Å². The molecule has 0 saturated heterocycles. The molecule has 1 amide bonds. The highest BCUT2D eigenvalue weighted by Gasteiger charge is 2.62. The molecule has 0 aliphatic heterocycles. The molecule has 1 fully saturated rings. The van der Waals surface area contributed by atoms with Gasteiger partial charge in [0, 0.05) is 37.4 Å². The van der Waals surface area contributed by atoms with Gasteiger partial charge >= 0.3 is 0 Å². The van der Waals surface area contributed by atoms with Crippen LogP contribution in [0.5, 0.6) is 5.75 Å². The summed E-state index contributed by atoms with van der Waals surface area (Å²) < 4.78 is 31.5. The zero-order chi connectivity index (χ0) is 27.9. The summed E-state index contributed by atoms with van der Waals surface area (Å²) in [6, 6.07) is 9.91. The van der Waals surface area contributed by atoms with E-state index in [0.717, 1.165) is 5.56 Å². The Bertz CT molecular complexity index is 1530. The van der Waals surface area contributed by atoms with Gasteiger partial charge in [-0.05, 0) is 50.5 Å². The fourth-order valence-electron chi connectivity index (χ4n) is 4.39. The van der Waals surface area contributed by atoms with Gasteiger partial charge in [0.05, 0.1) is 16.4 Å². The molecule has 0 radical (unpaired) electrons. The number of rotatable bonds is 10. The molecule has 10 nitrogen and oxygen atoms in total. The lowest BCUT2D eigenvalue weighted by Crippen LogP contribution is -2.53. The summed E-state index contributed by atoms with van der Waals surface area (Å²) in [5.41, 5.74) is 6.40. The molecule has 12 heteroatoms. The van der Waals surface area contributed by atoms with Gasteiger partial charge in [-0.3, -0.25) is 14.6 Å². The summed E-state index contributed by atoms with van der Waals surface area (Å²) >= 11 is 5.90. The molecule has 204 valence electrons. The summed E-state index contributed by atoms with van der Waals surface area (Å²) in [5.74, 6) is -0.291. The molecular formula is C26H31ClN4O6S. The average molecular weight is 563 g/mol. The molecule has 1 aromatic carbocycles. The third-order valence-electron chi connectivity index (χ3n) is 7.26. The molecule has 1 aliphatic carbocycles. The Balaban J connectivity index is 1.58. The molecule has 1 atom stereocenters. The summed E-state index contributed by atoms with van der Waals surface area (Å²) in [7, 11) is -2.33. The van der Waals surface area contributed by atoms with Crippen LogP contribution in [0.3, 0.4) is 0 Å². The first-order valence-electron chi connectivity index (χ1n) is 12.1. The second-order valence-electron chi connectivity index (χ2n) is 10.1. The van der Waals surface area contributed by atoms with E-state index in [1.165, 1.54) is 37.7 Å². The predicted molar refractivity (Wildman–Crippen MR) is 145 cm³/mol. The lowest BCUT2D eigenvalue weighted by atomic mass is 10.1. The molecule has 0 bridgehead atoms. The van der Waals surface area contributed by atoms with Crippen LogP contribution in [0.4, 0.5) is 0 Å². The summed E-state index contributed by atoms with van der Waals surface area (Å²) in [4.78, 5) is 30.2. The number of carbonyl (C=O) groups is 1. The first kappa shape index (κ1) is 28.0. The maximum absolute atomic E-state index is 13.4. The second kappa shape index (κ2) is 10.3. The van der Waals surface area contributed by atoms with Crippen molar-refractivity contribution in [2.24, 2.45) is 12.8 Å². The zero-order valence-corrected chi connectivity index (χ0v) is 23.0. The van der Waals surface area contributed by atoms with Crippen LogP contribution in [0.2, 0.25) is 5.02 Å². The minimum absolute atomic E-state index is 0.0858. The Morgan fingerprint density at radius 1 is 1.29 bits per heavy atom. The maximum atomic E-state index is 13.4. The van der Waals surface area contributed by atoms with Crippen LogP contribution in [-0.2, 0) is 23.4 Å². The molecule has 2 aromatic heterocycles. The maximum Gasteiger partial charge on any atom is 0.263 e. The van der Waals surface area contributed by atoms with E-state index in [1.54, 1.807) is 30.3 Å². The first-order chi connectivity index (χ1) is 17.8. The van der Waals surface area contributed by atoms with Crippen molar-refractivity contribution in [1.29, 1.82) is 0 Å². The lowest BCUT2D eigenvalue weighted by Gasteiger charge is -2.33. The number of hydrogen-bond donors (Lipinski definition) is 3. The van der Waals surface area contributed by atoms with Crippen molar-refractivity contribution in [2.45, 2.75) is 48.8 Å². The van der Waals surface area contributed by atoms with Gasteiger partial charge in [-0.1, -0.05) is 23.7 Å². The van der Waals surface area contributed by atoms with Crippen LogP contribution in [0, 0.1) is 0 Å². The molecule has 1 saturated carbocycles. The largest absolute Gasteiger partial charge is 0.490 e. The quantitative estimate of drug-likeness (QED) is 0.339. The fraction of sp³-hybridized carbons (Fsp3) is 0.423. The number of aliphatic hydroxyl groups is 1. The third kappa shape index (κ3) is 4.91. The molecule has 2 heterocycles. The van der Waals surface area contributed by atoms with Crippen molar-refractivity contribution in [3.05, 3.63) is 69.1 Å². The Morgan fingerprint density at radius 2 is 1.95 bits per heavy atom. The van der Waals surface area contributed by atoms with Crippen molar-refractivity contribution in [2.75, 3.05) is 13.2 Å². The van der Waals surface area contributed by atoms with E-state index < -0.39 is 36.9 Å². The number of amides is 1. The molecule has 38 heavy (non-hydrogen) atoms. The van der Waals surface area contributed by atoms with Crippen LogP contribution < -0.4 is 21.3 Å². The molecule has 0 spiro atoms. The van der Waals surface area contributed by atoms with E-state index in [0.29, 0.717) is 28.9 Å². The molecular weight excluding hydrogens is 532 g/mol. The predicted octanol–water partition coefficient (Wildman–Crippen LogP) is 1.94. The number of fused-ring (bicyclic) bond motifs is 1. The Labute approximate surface area is 225 Å². The smallest absolute Gasteiger partial charge is 0.263 e. The highest BCUT2D eigenvalue weighted by molar-refractivity contribution is 7.94. The number of carbonyl (C=O) groups excluding carboxylic acids is 1. The number of nitrogens with two attached hydrogens (primary N) is 1. The fourth-order valence-corrected chi connectivity index (χ4v) is 6.94. The number of nitrogens with zero attached hydrogens (tertiary/aromatic N) is 2. The number of pyridine rings is 2. The van der Waals surface area contributed by atoms with E-state index in [1.807, 2.05) is 0 Å². The number of aliphatic hydroxyl groups excluding tert-OH is 1. The minimum atomic E-state index is -3.83. The molecule has 4 rings (SSSR count). The van der Waals surface area contributed by atoms with Gasteiger partial charge in [0.25, 0.3) is 11.5 Å². The Kier molecular flexibility index (Phi) is 7.59. The molecule has 4 N–H and O–H groups in total. The van der Waals surface area contributed by atoms with Crippen molar-refractivity contribution < 1.29 is 23.1 Å². The van der Waals surface area contributed by atoms with E-state index in [9.17, 15) is 23.1 Å². The number of nitrogens with one attached hydrogen (secondary N) is 1. The van der Waals surface area contributed by atoms with Crippen molar-refractivity contribution in [1.82, 2.24) is 14.9 Å². The molecule has 1 unspecified atom stereocenters. The van der Waals surface area contributed by atoms with Gasteiger partial charge in [0.15, 0.2) is 9.84 Å². The van der Waals surface area contributed by atoms with Gasteiger partial charge < -0.3 is 25.5 Å². The van der Waals surface area contributed by atoms with Gasteiger partial charge in [0.1, 0.15) is 28.2 Å². The summed E-state index contributed by atoms with van der Waals surface area (Å²) in [6.07, 6.45) is 1.01. The van der Waals surface area contributed by atoms with Gasteiger partial charge in [-0.15, -0.1) is 0 Å². The zero-order valence-electron chi connectivity index (χ0n) is 21.4. The van der Waals surface area contributed by atoms with Crippen LogP contribution >= 0.6 is 11.6 Å². The third-order valence-corrected chi connectivity index (χ3v) is 10.8. The normalized spacial score (nSPS) is 15.7. The van der Waals surface area contributed by atoms with E-state index >= 15 is 0 Å². The van der Waals surface area contributed by atoms with Crippen LogP contribution in [0.1, 0.15) is 42.6 Å². The van der Waals surface area contributed by atoms with Crippen molar-refractivity contribution in [3.8, 4) is 5.75 Å². The van der Waals surface area contributed by atoms with Crippen LogP contribution in [-0.4, -0.2) is 57.7 Å². The number of aromatic nitrogens is 2. The highest BCUT2D eigenvalue weighted by Crippen LogP contribution is 2.49. The van der Waals surface area contributed by atoms with Gasteiger partial charge in [-0.2, -0.15) is 0 Å². The summed E-state index contributed by atoms with van der Waals surface area (Å²) in [5, 5.41) is 13.6. The Morgan fingerprint density at radius 3 is 2.55 bits per heavy atom. The number of benzene rings is 1. The number of halogens is 1. The SMILES string of the molecule is Cn1c(=O)c(C(=O)NCc2ccc(Cl)cc2)cc2nccc(OCC3(S(=O)(=O)C(C)(C)C(O)CN)CC3)c21. The van der Waals surface area contributed by atoms with Crippen molar-refractivity contribution >= 4 is 38.4 Å². The number of hydrogen-bond acceptors (Lipinski definition) is 8. The Hall–Kier alpha value is -2.99. The number of sulfone groups is 1. The number of ether oxygens (including phenoxy) is 1. The van der Waals surface area contributed by atoms with E-state index in [-0.39, 0.29) is 31.0 Å².